The minimum absolute atomic E-state index is 0.0362. The number of sulfonamides is 1. The molecule has 236 valence electrons. The number of para-hydroxylation sites is 2. The third-order valence-corrected chi connectivity index (χ3v) is 9.29. The van der Waals surface area contributed by atoms with Crippen molar-refractivity contribution < 1.29 is 22.7 Å². The summed E-state index contributed by atoms with van der Waals surface area (Å²) >= 11 is 0. The molecule has 0 radical (unpaired) electrons. The number of ether oxygens (including phenoxy) is 1. The fraction of sp³-hybridized carbons (Fsp3) is 0.278. The van der Waals surface area contributed by atoms with Crippen LogP contribution in [0.2, 0.25) is 0 Å². The van der Waals surface area contributed by atoms with Crippen LogP contribution in [0.5, 0.6) is 5.75 Å². The number of nitrogens with one attached hydrogen (secondary N) is 1. The summed E-state index contributed by atoms with van der Waals surface area (Å²) in [7, 11) is -4.22. The molecule has 1 N–H and O–H groups in total. The Balaban J connectivity index is 1.82. The van der Waals surface area contributed by atoms with Crippen molar-refractivity contribution in [1.29, 1.82) is 0 Å². The smallest absolute Gasteiger partial charge is 0.264 e. The monoisotopic (exact) mass is 627 g/mol. The van der Waals surface area contributed by atoms with Gasteiger partial charge < -0.3 is 15.0 Å². The van der Waals surface area contributed by atoms with E-state index >= 15 is 0 Å². The van der Waals surface area contributed by atoms with E-state index < -0.39 is 28.5 Å². The van der Waals surface area contributed by atoms with E-state index in [4.69, 9.17) is 4.74 Å². The predicted molar refractivity (Wildman–Crippen MR) is 177 cm³/mol. The third-order valence-electron chi connectivity index (χ3n) is 7.51. The molecule has 0 aliphatic rings. The summed E-state index contributed by atoms with van der Waals surface area (Å²) in [5.41, 5.74) is 1.93. The molecular formula is C36H41N3O5S. The van der Waals surface area contributed by atoms with Crippen LogP contribution in [0.1, 0.15) is 38.3 Å². The molecular weight excluding hydrogens is 586 g/mol. The van der Waals surface area contributed by atoms with Gasteiger partial charge in [-0.15, -0.1) is 0 Å². The molecule has 0 saturated carbocycles. The minimum atomic E-state index is -4.22. The van der Waals surface area contributed by atoms with Gasteiger partial charge in [-0.25, -0.2) is 8.42 Å². The van der Waals surface area contributed by atoms with Crippen molar-refractivity contribution in [3.05, 3.63) is 126 Å². The van der Waals surface area contributed by atoms with Crippen LogP contribution in [0.4, 0.5) is 5.69 Å². The average molecular weight is 628 g/mol. The second kappa shape index (κ2) is 15.9. The van der Waals surface area contributed by atoms with Gasteiger partial charge in [-0.1, -0.05) is 97.9 Å². The molecule has 2 atom stereocenters. The molecule has 4 aromatic rings. The summed E-state index contributed by atoms with van der Waals surface area (Å²) < 4.78 is 35.3. The first-order valence-corrected chi connectivity index (χ1v) is 16.7. The van der Waals surface area contributed by atoms with E-state index in [0.29, 0.717) is 18.8 Å². The van der Waals surface area contributed by atoms with Gasteiger partial charge >= 0.3 is 0 Å². The molecule has 45 heavy (non-hydrogen) atoms. The number of benzene rings is 4. The Labute approximate surface area is 266 Å². The molecule has 0 aliphatic heterocycles. The molecule has 0 unspecified atom stereocenters. The zero-order valence-corrected chi connectivity index (χ0v) is 26.8. The number of carbonyl (C=O) groups excluding carboxylic acids is 2. The average Bonchev–Trinajstić information content (AvgIpc) is 3.06. The first-order chi connectivity index (χ1) is 21.7. The zero-order valence-electron chi connectivity index (χ0n) is 26.0. The van der Waals surface area contributed by atoms with Crippen molar-refractivity contribution >= 4 is 27.5 Å². The van der Waals surface area contributed by atoms with Crippen LogP contribution in [-0.2, 0) is 32.6 Å². The van der Waals surface area contributed by atoms with Crippen LogP contribution in [0.15, 0.2) is 120 Å². The van der Waals surface area contributed by atoms with Crippen molar-refractivity contribution in [2.75, 3.05) is 17.5 Å². The van der Waals surface area contributed by atoms with Crippen molar-refractivity contribution in [3.8, 4) is 5.75 Å². The maximum absolute atomic E-state index is 14.6. The van der Waals surface area contributed by atoms with Crippen LogP contribution >= 0.6 is 0 Å². The normalized spacial score (nSPS) is 12.5. The van der Waals surface area contributed by atoms with E-state index in [1.54, 1.807) is 42.5 Å². The van der Waals surface area contributed by atoms with E-state index in [1.165, 1.54) is 17.0 Å². The minimum Gasteiger partial charge on any atom is -0.492 e. The number of hydrogen-bond donors (Lipinski definition) is 1. The highest BCUT2D eigenvalue weighted by Crippen LogP contribution is 2.33. The first-order valence-electron chi connectivity index (χ1n) is 15.2. The topological polar surface area (TPSA) is 96.0 Å². The van der Waals surface area contributed by atoms with Gasteiger partial charge in [0, 0.05) is 19.0 Å². The van der Waals surface area contributed by atoms with E-state index in [2.05, 4.69) is 5.32 Å². The van der Waals surface area contributed by atoms with Gasteiger partial charge in [0.1, 0.15) is 18.3 Å². The molecule has 0 aliphatic carbocycles. The van der Waals surface area contributed by atoms with Crippen LogP contribution in [-0.4, -0.2) is 50.4 Å². The van der Waals surface area contributed by atoms with Gasteiger partial charge in [-0.3, -0.25) is 13.9 Å². The van der Waals surface area contributed by atoms with Gasteiger partial charge in [-0.2, -0.15) is 0 Å². The molecule has 0 aromatic heterocycles. The molecule has 4 aromatic carbocycles. The van der Waals surface area contributed by atoms with Crippen LogP contribution in [0.3, 0.4) is 0 Å². The lowest BCUT2D eigenvalue weighted by Gasteiger charge is -2.34. The lowest BCUT2D eigenvalue weighted by atomic mass is 10.0. The maximum atomic E-state index is 14.6. The number of amides is 2. The molecule has 0 heterocycles. The SMILES string of the molecule is CCOc1ccccc1N(CC(=O)N(Cc1ccccc1)[C@H](Cc1ccccc1)C(=O)N[C@H](C)CC)S(=O)(=O)c1ccccc1. The zero-order chi connectivity index (χ0) is 32.2. The largest absolute Gasteiger partial charge is 0.492 e. The number of nitrogens with zero attached hydrogens (tertiary/aromatic N) is 2. The molecule has 2 amide bonds. The molecule has 0 bridgehead atoms. The summed E-state index contributed by atoms with van der Waals surface area (Å²) in [5.74, 6) is -0.494. The number of hydrogen-bond acceptors (Lipinski definition) is 5. The highest BCUT2D eigenvalue weighted by Gasteiger charge is 2.35. The van der Waals surface area contributed by atoms with Crippen LogP contribution in [0.25, 0.3) is 0 Å². The third kappa shape index (κ3) is 8.73. The Bertz CT molecular complexity index is 1630. The van der Waals surface area contributed by atoms with Gasteiger partial charge in [0.05, 0.1) is 17.2 Å². The highest BCUT2D eigenvalue weighted by atomic mass is 32.2. The standard InChI is InChI=1S/C36H41N3O5S/c1-4-28(3)37-36(41)33(25-29-17-9-6-10-18-29)38(26-30-19-11-7-12-20-30)35(40)27-39(32-23-15-16-24-34(32)44-5-2)45(42,43)31-21-13-8-14-22-31/h6-24,28,33H,4-5,25-27H2,1-3H3,(H,37,41)/t28-,33-/m1/s1. The fourth-order valence-corrected chi connectivity index (χ4v) is 6.39. The Hall–Kier alpha value is -4.63. The van der Waals surface area contributed by atoms with Crippen LogP contribution in [0, 0.1) is 0 Å². The number of anilines is 1. The summed E-state index contributed by atoms with van der Waals surface area (Å²) in [4.78, 5) is 30.0. The molecule has 0 fully saturated rings. The van der Waals surface area contributed by atoms with Crippen molar-refractivity contribution in [2.45, 2.75) is 57.1 Å². The van der Waals surface area contributed by atoms with Gasteiger partial charge in [0.2, 0.25) is 11.8 Å². The Morgan fingerprint density at radius 3 is 1.93 bits per heavy atom. The van der Waals surface area contributed by atoms with E-state index in [0.717, 1.165) is 15.4 Å². The molecule has 0 saturated heterocycles. The van der Waals surface area contributed by atoms with Gasteiger partial charge in [0.15, 0.2) is 0 Å². The Morgan fingerprint density at radius 2 is 1.33 bits per heavy atom. The second-order valence-corrected chi connectivity index (χ2v) is 12.6. The van der Waals surface area contributed by atoms with E-state index in [1.807, 2.05) is 81.4 Å². The summed E-state index contributed by atoms with van der Waals surface area (Å²) in [6, 6.07) is 32.6. The predicted octanol–water partition coefficient (Wildman–Crippen LogP) is 5.84. The van der Waals surface area contributed by atoms with Crippen molar-refractivity contribution in [3.63, 3.8) is 0 Å². The summed E-state index contributed by atoms with van der Waals surface area (Å²) in [6.45, 7) is 5.57. The lowest BCUT2D eigenvalue weighted by molar-refractivity contribution is -0.140. The summed E-state index contributed by atoms with van der Waals surface area (Å²) in [6.07, 6.45) is 0.969. The molecule has 4 rings (SSSR count). The van der Waals surface area contributed by atoms with Gasteiger partial charge in [-0.05, 0) is 55.7 Å². The van der Waals surface area contributed by atoms with Crippen molar-refractivity contribution in [1.82, 2.24) is 10.2 Å². The highest BCUT2D eigenvalue weighted by molar-refractivity contribution is 7.92. The van der Waals surface area contributed by atoms with Gasteiger partial charge in [0.25, 0.3) is 10.0 Å². The van der Waals surface area contributed by atoms with E-state index in [-0.39, 0.29) is 35.5 Å². The maximum Gasteiger partial charge on any atom is 0.264 e. The van der Waals surface area contributed by atoms with Crippen LogP contribution < -0.4 is 14.4 Å². The fourth-order valence-electron chi connectivity index (χ4n) is 4.95. The lowest BCUT2D eigenvalue weighted by Crippen LogP contribution is -2.54. The van der Waals surface area contributed by atoms with Crippen molar-refractivity contribution in [2.24, 2.45) is 0 Å². The first kappa shape index (κ1) is 33.3. The Kier molecular flexibility index (Phi) is 11.8. The molecule has 8 nitrogen and oxygen atoms in total. The molecule has 0 spiro atoms. The quantitative estimate of drug-likeness (QED) is 0.179. The molecule has 9 heteroatoms. The number of carbonyl (C=O) groups is 2. The van der Waals surface area contributed by atoms with E-state index in [9.17, 15) is 18.0 Å². The Morgan fingerprint density at radius 1 is 0.778 bits per heavy atom. The second-order valence-electron chi connectivity index (χ2n) is 10.8. The summed E-state index contributed by atoms with van der Waals surface area (Å²) in [5, 5.41) is 3.05. The number of rotatable bonds is 15.